The summed E-state index contributed by atoms with van der Waals surface area (Å²) in [4.78, 5) is 19.9. The number of aromatic nitrogens is 2. The lowest BCUT2D eigenvalue weighted by Gasteiger charge is -2.10. The highest BCUT2D eigenvalue weighted by Crippen LogP contribution is 2.31. The summed E-state index contributed by atoms with van der Waals surface area (Å²) in [6.45, 7) is 0.218. The maximum atomic E-state index is 12.7. The number of benzene rings is 1. The molecule has 0 saturated heterocycles. The van der Waals surface area contributed by atoms with Crippen LogP contribution in [0.1, 0.15) is 21.7 Å². The van der Waals surface area contributed by atoms with Gasteiger partial charge in [-0.15, -0.1) is 0 Å². The summed E-state index contributed by atoms with van der Waals surface area (Å²) >= 11 is 0. The Morgan fingerprint density at radius 2 is 1.88 bits per heavy atom. The van der Waals surface area contributed by atoms with Gasteiger partial charge in [0.25, 0.3) is 5.91 Å². The fourth-order valence-corrected chi connectivity index (χ4v) is 2.09. The zero-order valence-electron chi connectivity index (χ0n) is 13.2. The third-order valence-corrected chi connectivity index (χ3v) is 3.36. The van der Waals surface area contributed by atoms with E-state index in [1.54, 1.807) is 12.1 Å². The largest absolute Gasteiger partial charge is 0.467 e. The number of nitrogens with one attached hydrogen (secondary N) is 2. The Labute approximate surface area is 146 Å². The zero-order valence-corrected chi connectivity index (χ0v) is 13.2. The molecule has 0 aliphatic carbocycles. The van der Waals surface area contributed by atoms with Gasteiger partial charge in [-0.2, -0.15) is 13.2 Å². The molecule has 2 aromatic heterocycles. The Bertz CT molecular complexity index is 878. The van der Waals surface area contributed by atoms with E-state index in [-0.39, 0.29) is 23.7 Å². The van der Waals surface area contributed by atoms with Gasteiger partial charge in [0.15, 0.2) is 0 Å². The Hall–Kier alpha value is -3.36. The minimum atomic E-state index is -4.44. The molecule has 2 N–H and O–H groups in total. The van der Waals surface area contributed by atoms with Gasteiger partial charge in [-0.3, -0.25) is 4.79 Å². The van der Waals surface area contributed by atoms with E-state index >= 15 is 0 Å². The molecule has 0 fully saturated rings. The molecule has 0 unspecified atom stereocenters. The Morgan fingerprint density at radius 3 is 2.54 bits per heavy atom. The molecule has 26 heavy (non-hydrogen) atoms. The van der Waals surface area contributed by atoms with E-state index < -0.39 is 17.6 Å². The first-order valence-electron chi connectivity index (χ1n) is 7.49. The van der Waals surface area contributed by atoms with Gasteiger partial charge in [0.05, 0.1) is 23.9 Å². The summed E-state index contributed by atoms with van der Waals surface area (Å²) in [5.41, 5.74) is -0.377. The van der Waals surface area contributed by atoms with Crippen LogP contribution in [0.5, 0.6) is 0 Å². The van der Waals surface area contributed by atoms with Crippen LogP contribution < -0.4 is 10.6 Å². The van der Waals surface area contributed by atoms with Crippen LogP contribution in [-0.4, -0.2) is 15.9 Å². The van der Waals surface area contributed by atoms with Crippen LogP contribution in [0.4, 0.5) is 24.8 Å². The lowest BCUT2D eigenvalue weighted by Crippen LogP contribution is -2.23. The van der Waals surface area contributed by atoms with Crippen molar-refractivity contribution < 1.29 is 22.4 Å². The normalized spacial score (nSPS) is 11.2. The predicted octanol–water partition coefficient (Wildman–Crippen LogP) is 3.76. The number of amides is 1. The van der Waals surface area contributed by atoms with Gasteiger partial charge >= 0.3 is 6.18 Å². The lowest BCUT2D eigenvalue weighted by atomic mass is 10.2. The summed E-state index contributed by atoms with van der Waals surface area (Å²) in [5, 5.41) is 5.30. The van der Waals surface area contributed by atoms with Crippen molar-refractivity contribution in [2.45, 2.75) is 12.7 Å². The van der Waals surface area contributed by atoms with Crippen LogP contribution in [0.25, 0.3) is 0 Å². The lowest BCUT2D eigenvalue weighted by molar-refractivity contribution is -0.137. The summed E-state index contributed by atoms with van der Waals surface area (Å²) in [6.07, 6.45) is -0.381. The predicted molar refractivity (Wildman–Crippen MR) is 86.6 cm³/mol. The molecule has 2 heterocycles. The van der Waals surface area contributed by atoms with Crippen molar-refractivity contribution in [1.29, 1.82) is 0 Å². The molecule has 6 nitrogen and oxygen atoms in total. The third-order valence-electron chi connectivity index (χ3n) is 3.36. The molecule has 0 saturated carbocycles. The molecule has 0 radical (unpaired) electrons. The SMILES string of the molecule is O=C(NCc1ccco1)c1cnc(Nc2cccc(C(F)(F)F)c2)nc1. The number of furan rings is 1. The third kappa shape index (κ3) is 4.38. The molecular formula is C17H13F3N4O2. The van der Waals surface area contributed by atoms with Crippen LogP contribution in [0.3, 0.4) is 0 Å². The average molecular weight is 362 g/mol. The van der Waals surface area contributed by atoms with Crippen LogP contribution in [0.15, 0.2) is 59.5 Å². The monoisotopic (exact) mass is 362 g/mol. The molecule has 134 valence electrons. The standard InChI is InChI=1S/C17H13F3N4O2/c18-17(19,20)12-3-1-4-13(7-12)24-16-22-8-11(9-23-16)15(25)21-10-14-5-2-6-26-14/h1-9H,10H2,(H,21,25)(H,22,23,24). The number of carbonyl (C=O) groups excluding carboxylic acids is 1. The number of rotatable bonds is 5. The van der Waals surface area contributed by atoms with Crippen molar-refractivity contribution >= 4 is 17.5 Å². The zero-order chi connectivity index (χ0) is 18.6. The minimum absolute atomic E-state index is 0.0758. The second kappa shape index (κ2) is 7.26. The van der Waals surface area contributed by atoms with E-state index in [9.17, 15) is 18.0 Å². The fourth-order valence-electron chi connectivity index (χ4n) is 2.09. The molecule has 9 heteroatoms. The van der Waals surface area contributed by atoms with Crippen molar-refractivity contribution in [3.8, 4) is 0 Å². The molecule has 0 aliphatic rings. The molecular weight excluding hydrogens is 349 g/mol. The highest BCUT2D eigenvalue weighted by molar-refractivity contribution is 5.93. The van der Waals surface area contributed by atoms with Gasteiger partial charge in [0, 0.05) is 18.1 Å². The number of hydrogen-bond donors (Lipinski definition) is 2. The Balaban J connectivity index is 1.63. The molecule has 0 aliphatic heterocycles. The van der Waals surface area contributed by atoms with Gasteiger partial charge in [-0.05, 0) is 30.3 Å². The van der Waals surface area contributed by atoms with Gasteiger partial charge in [0.1, 0.15) is 5.76 Å². The molecule has 3 rings (SSSR count). The van der Waals surface area contributed by atoms with Crippen molar-refractivity contribution in [1.82, 2.24) is 15.3 Å². The highest BCUT2D eigenvalue weighted by Gasteiger charge is 2.30. The number of carbonyl (C=O) groups is 1. The van der Waals surface area contributed by atoms with Gasteiger partial charge in [-0.1, -0.05) is 6.07 Å². The smallest absolute Gasteiger partial charge is 0.416 e. The molecule has 0 spiro atoms. The maximum absolute atomic E-state index is 12.7. The molecule has 3 aromatic rings. The fraction of sp³-hybridized carbons (Fsp3) is 0.118. The van der Waals surface area contributed by atoms with Crippen LogP contribution in [0, 0.1) is 0 Å². The number of hydrogen-bond acceptors (Lipinski definition) is 5. The maximum Gasteiger partial charge on any atom is 0.416 e. The van der Waals surface area contributed by atoms with Crippen LogP contribution >= 0.6 is 0 Å². The molecule has 1 aromatic carbocycles. The summed E-state index contributed by atoms with van der Waals surface area (Å²) in [7, 11) is 0. The number of alkyl halides is 3. The summed E-state index contributed by atoms with van der Waals surface area (Å²) < 4.78 is 43.2. The Kier molecular flexibility index (Phi) is 4.87. The summed E-state index contributed by atoms with van der Waals surface area (Å²) in [6, 6.07) is 8.09. The van der Waals surface area contributed by atoms with E-state index in [0.29, 0.717) is 5.76 Å². The van der Waals surface area contributed by atoms with E-state index in [2.05, 4.69) is 20.6 Å². The van der Waals surface area contributed by atoms with Crippen LogP contribution in [0.2, 0.25) is 0 Å². The first-order valence-corrected chi connectivity index (χ1v) is 7.49. The first kappa shape index (κ1) is 17.5. The van der Waals surface area contributed by atoms with Crippen molar-refractivity contribution in [3.05, 3.63) is 71.9 Å². The van der Waals surface area contributed by atoms with Crippen molar-refractivity contribution in [3.63, 3.8) is 0 Å². The molecule has 1 amide bonds. The highest BCUT2D eigenvalue weighted by atomic mass is 19.4. The molecule has 0 atom stereocenters. The molecule has 0 bridgehead atoms. The second-order valence-corrected chi connectivity index (χ2v) is 5.26. The topological polar surface area (TPSA) is 80.0 Å². The van der Waals surface area contributed by atoms with Crippen LogP contribution in [-0.2, 0) is 12.7 Å². The first-order chi connectivity index (χ1) is 12.4. The van der Waals surface area contributed by atoms with Gasteiger partial charge in [-0.25, -0.2) is 9.97 Å². The van der Waals surface area contributed by atoms with Gasteiger partial charge in [0.2, 0.25) is 5.95 Å². The second-order valence-electron chi connectivity index (χ2n) is 5.26. The van der Waals surface area contributed by atoms with Crippen molar-refractivity contribution in [2.75, 3.05) is 5.32 Å². The number of halogens is 3. The average Bonchev–Trinajstić information content (AvgIpc) is 3.13. The van der Waals surface area contributed by atoms with E-state index in [1.165, 1.54) is 30.8 Å². The van der Waals surface area contributed by atoms with E-state index in [4.69, 9.17) is 4.42 Å². The number of nitrogens with zero attached hydrogens (tertiary/aromatic N) is 2. The van der Waals surface area contributed by atoms with Crippen molar-refractivity contribution in [2.24, 2.45) is 0 Å². The number of anilines is 2. The van der Waals surface area contributed by atoms with E-state index in [1.807, 2.05) is 0 Å². The van der Waals surface area contributed by atoms with Gasteiger partial charge < -0.3 is 15.1 Å². The minimum Gasteiger partial charge on any atom is -0.467 e. The Morgan fingerprint density at radius 1 is 1.12 bits per heavy atom. The quantitative estimate of drug-likeness (QED) is 0.722. The summed E-state index contributed by atoms with van der Waals surface area (Å²) in [5.74, 6) is 0.279. The van der Waals surface area contributed by atoms with E-state index in [0.717, 1.165) is 12.1 Å².